The molecule has 0 bridgehead atoms. The molecule has 0 saturated heterocycles. The molecule has 0 saturated carbocycles. The molecule has 0 unspecified atom stereocenters. The Kier molecular flexibility index (Phi) is 4.74. The van der Waals surface area contributed by atoms with Crippen LogP contribution in [0.15, 0.2) is 182 Å². The van der Waals surface area contributed by atoms with Gasteiger partial charge in [0.2, 0.25) is 0 Å². The molecule has 0 N–H and O–H groups in total. The summed E-state index contributed by atoms with van der Waals surface area (Å²) >= 11 is 0. The summed E-state index contributed by atoms with van der Waals surface area (Å²) in [6, 6.07) is 34.4. The number of aromatic nitrogens is 2. The topological polar surface area (TPSA) is 25.8 Å². The first-order valence-electron chi connectivity index (χ1n) is 20.5. The van der Waals surface area contributed by atoms with E-state index in [1.54, 1.807) is 12.1 Å². The third kappa shape index (κ3) is 5.01. The maximum Gasteiger partial charge on any atom is 0.160 e. The van der Waals surface area contributed by atoms with Crippen molar-refractivity contribution in [3.8, 4) is 56.2 Å². The van der Waals surface area contributed by atoms with E-state index < -0.39 is 42.3 Å². The molecule has 0 amide bonds. The van der Waals surface area contributed by atoms with Gasteiger partial charge in [0, 0.05) is 16.7 Å². The SMILES string of the molecule is [2H]c1c([2H])c([2H])c2c([2H])c3c(cc([2H])c4c([2H])c([2H])c([2H])c([2H])c43)c(-c3ccc(-c4cc(-c5ccc(-c6ccccc6)cc5)nc(-c5ccccc5)n4)cc3)c2c1[2H]. The van der Waals surface area contributed by atoms with Crippen LogP contribution in [0.5, 0.6) is 0 Å². The van der Waals surface area contributed by atoms with Crippen LogP contribution in [0, 0.1) is 0 Å². The van der Waals surface area contributed by atoms with E-state index in [2.05, 4.69) is 24.3 Å². The van der Waals surface area contributed by atoms with Crippen LogP contribution >= 0.6 is 0 Å². The van der Waals surface area contributed by atoms with Gasteiger partial charge in [-0.15, -0.1) is 0 Å². The Bertz CT molecular complexity index is 3140. The smallest absolute Gasteiger partial charge is 0.160 e. The summed E-state index contributed by atoms with van der Waals surface area (Å²) in [6.07, 6.45) is 0. The van der Waals surface area contributed by atoms with Crippen LogP contribution in [0.4, 0.5) is 0 Å². The molecule has 0 radical (unpaired) electrons. The van der Waals surface area contributed by atoms with Crippen LogP contribution in [0.25, 0.3) is 88.5 Å². The van der Waals surface area contributed by atoms with Gasteiger partial charge in [-0.05, 0) is 66.7 Å². The molecular weight excluding hydrogens is 581 g/mol. The third-order valence-corrected chi connectivity index (χ3v) is 8.54. The van der Waals surface area contributed by atoms with Gasteiger partial charge in [-0.1, -0.05) is 170 Å². The molecule has 0 atom stereocenters. The van der Waals surface area contributed by atoms with Crippen LogP contribution in [0.3, 0.4) is 0 Å². The Morgan fingerprint density at radius 2 is 0.896 bits per heavy atom. The van der Waals surface area contributed by atoms with E-state index in [0.717, 1.165) is 27.8 Å². The van der Waals surface area contributed by atoms with Crippen molar-refractivity contribution in [3.05, 3.63) is 182 Å². The van der Waals surface area contributed by atoms with Crippen molar-refractivity contribution in [2.24, 2.45) is 0 Å². The van der Waals surface area contributed by atoms with Crippen molar-refractivity contribution >= 4 is 32.3 Å². The van der Waals surface area contributed by atoms with Gasteiger partial charge in [-0.2, -0.15) is 0 Å². The van der Waals surface area contributed by atoms with E-state index in [9.17, 15) is 1.37 Å². The summed E-state index contributed by atoms with van der Waals surface area (Å²) in [5, 5.41) is 0.190. The molecule has 224 valence electrons. The van der Waals surface area contributed by atoms with Gasteiger partial charge < -0.3 is 0 Å². The molecule has 0 fully saturated rings. The fraction of sp³-hybridized carbons (Fsp3) is 0. The first kappa shape index (κ1) is 19.3. The first-order valence-corrected chi connectivity index (χ1v) is 15.5. The first-order chi connectivity index (χ1) is 27.9. The van der Waals surface area contributed by atoms with Gasteiger partial charge in [0.05, 0.1) is 25.1 Å². The summed E-state index contributed by atoms with van der Waals surface area (Å²) in [4.78, 5) is 9.93. The van der Waals surface area contributed by atoms with Crippen LogP contribution in [-0.2, 0) is 0 Å². The van der Waals surface area contributed by atoms with Crippen LogP contribution in [0.2, 0.25) is 0 Å². The number of nitrogens with zero attached hydrogens (tertiary/aromatic N) is 2. The highest BCUT2D eigenvalue weighted by Gasteiger charge is 2.14. The van der Waals surface area contributed by atoms with Crippen LogP contribution in [-0.4, -0.2) is 9.97 Å². The minimum absolute atomic E-state index is 0.0514. The number of benzene rings is 8. The maximum atomic E-state index is 9.35. The molecule has 0 spiro atoms. The molecule has 1 heterocycles. The van der Waals surface area contributed by atoms with Gasteiger partial charge in [0.1, 0.15) is 0 Å². The number of fused-ring (bicyclic) bond motifs is 4. The normalized spacial score (nSPS) is 14.2. The highest BCUT2D eigenvalue weighted by molar-refractivity contribution is 6.20. The number of rotatable bonds is 5. The van der Waals surface area contributed by atoms with Crippen LogP contribution in [0.1, 0.15) is 13.7 Å². The van der Waals surface area contributed by atoms with Crippen molar-refractivity contribution in [1.82, 2.24) is 9.97 Å². The monoisotopic (exact) mass is 620 g/mol. The molecule has 0 aliphatic rings. The van der Waals surface area contributed by atoms with E-state index >= 15 is 0 Å². The van der Waals surface area contributed by atoms with Gasteiger partial charge in [0.15, 0.2) is 5.82 Å². The predicted octanol–water partition coefficient (Wildman–Crippen LogP) is 12.3. The molecule has 0 aliphatic heterocycles. The quantitative estimate of drug-likeness (QED) is 0.141. The van der Waals surface area contributed by atoms with Gasteiger partial charge >= 0.3 is 0 Å². The Hall–Kier alpha value is -6.38. The van der Waals surface area contributed by atoms with E-state index in [0.29, 0.717) is 28.3 Å². The van der Waals surface area contributed by atoms with Gasteiger partial charge in [0.25, 0.3) is 0 Å². The van der Waals surface area contributed by atoms with Gasteiger partial charge in [-0.3, -0.25) is 0 Å². The zero-order valence-corrected chi connectivity index (χ0v) is 25.4. The Morgan fingerprint density at radius 3 is 1.56 bits per heavy atom. The molecule has 1 aromatic heterocycles. The summed E-state index contributed by atoms with van der Waals surface area (Å²) in [7, 11) is 0. The van der Waals surface area contributed by atoms with E-state index in [1.165, 1.54) is 6.07 Å². The average molecular weight is 621 g/mol. The second-order valence-electron chi connectivity index (χ2n) is 11.4. The van der Waals surface area contributed by atoms with Crippen molar-refractivity contribution in [1.29, 1.82) is 0 Å². The summed E-state index contributed by atoms with van der Waals surface area (Å²) in [6.45, 7) is 0. The fourth-order valence-corrected chi connectivity index (χ4v) is 6.17. The average Bonchev–Trinajstić information content (AvgIpc) is 3.26. The molecule has 9 rings (SSSR count). The van der Waals surface area contributed by atoms with Crippen LogP contribution < -0.4 is 0 Å². The molecular formula is C46H30N2. The maximum absolute atomic E-state index is 9.35. The molecule has 0 aliphatic carbocycles. The summed E-state index contributed by atoms with van der Waals surface area (Å²) in [5.41, 5.74) is 6.82. The molecule has 2 nitrogen and oxygen atoms in total. The second kappa shape index (κ2) is 11.8. The predicted molar refractivity (Wildman–Crippen MR) is 202 cm³/mol. The third-order valence-electron chi connectivity index (χ3n) is 8.54. The van der Waals surface area contributed by atoms with Gasteiger partial charge in [-0.25, -0.2) is 9.97 Å². The fourth-order valence-electron chi connectivity index (χ4n) is 6.17. The lowest BCUT2D eigenvalue weighted by Crippen LogP contribution is -1.96. The molecule has 9 aromatic rings. The highest BCUT2D eigenvalue weighted by atomic mass is 14.9. The van der Waals surface area contributed by atoms with Crippen molar-refractivity contribution < 1.29 is 13.7 Å². The van der Waals surface area contributed by atoms with E-state index in [1.807, 2.05) is 78.9 Å². The van der Waals surface area contributed by atoms with E-state index in [-0.39, 0.29) is 50.4 Å². The largest absolute Gasteiger partial charge is 0.228 e. The lowest BCUT2D eigenvalue weighted by molar-refractivity contribution is 1.18. The zero-order chi connectivity index (χ0) is 40.6. The number of hydrogen-bond acceptors (Lipinski definition) is 2. The minimum Gasteiger partial charge on any atom is -0.228 e. The molecule has 48 heavy (non-hydrogen) atoms. The second-order valence-corrected chi connectivity index (χ2v) is 11.4. The lowest BCUT2D eigenvalue weighted by atomic mass is 9.89. The van der Waals surface area contributed by atoms with E-state index in [4.69, 9.17) is 22.3 Å². The summed E-state index contributed by atoms with van der Waals surface area (Å²) in [5.74, 6) is 0.530. The number of hydrogen-bond donors (Lipinski definition) is 0. The van der Waals surface area contributed by atoms with Crippen molar-refractivity contribution in [3.63, 3.8) is 0 Å². The summed E-state index contributed by atoms with van der Waals surface area (Å²) < 4.78 is 87.5. The van der Waals surface area contributed by atoms with Crippen molar-refractivity contribution in [2.75, 3.05) is 0 Å². The molecule has 8 aromatic carbocycles. The lowest BCUT2D eigenvalue weighted by Gasteiger charge is -2.15. The molecule has 2 heteroatoms. The highest BCUT2D eigenvalue weighted by Crippen LogP contribution is 2.40. The minimum atomic E-state index is -0.531. The zero-order valence-electron chi connectivity index (χ0n) is 35.4. The standard InChI is InChI=1S/C46H30N2/c1-3-11-31(12-4-1)32-19-21-34(22-20-32)43-30-44(48-46(47-43)37-14-5-2-6-15-37)35-23-25-36(26-24-35)45-40-18-10-8-16-38(40)29-42-39-17-9-7-13-33(39)27-28-41(42)45/h1-30H/i7D,8D,9D,10D,13D,16D,17D,18D,27D,29D. The Labute approximate surface area is 293 Å². The Morgan fingerprint density at radius 1 is 0.375 bits per heavy atom. The Balaban J connectivity index is 1.27. The van der Waals surface area contributed by atoms with Crippen molar-refractivity contribution in [2.45, 2.75) is 0 Å².